The van der Waals surface area contributed by atoms with Crippen LogP contribution in [-0.4, -0.2) is 10.1 Å². The minimum atomic E-state index is 0.423. The highest BCUT2D eigenvalue weighted by atomic mass is 16.5. The fraction of sp³-hybridized carbons (Fsp3) is 0.0909. The standard InChI is InChI=1S/C22H19N3O2/c23-22-19(10-6-12-24-22)21-14-18(25-27-21)13-17-9-4-5-11-20(17)26-15-16-7-2-1-3-8-16/h1-12,14H,13,15H2,(H2,23,24). The van der Waals surface area contributed by atoms with Gasteiger partial charge in [0, 0.05) is 24.2 Å². The number of benzene rings is 2. The second-order valence-corrected chi connectivity index (χ2v) is 6.18. The molecule has 2 aromatic heterocycles. The lowest BCUT2D eigenvalue weighted by Crippen LogP contribution is -1.99. The smallest absolute Gasteiger partial charge is 0.170 e. The molecule has 0 bridgehead atoms. The first-order valence-electron chi connectivity index (χ1n) is 8.70. The van der Waals surface area contributed by atoms with E-state index in [9.17, 15) is 0 Å². The van der Waals surface area contributed by atoms with E-state index in [1.165, 1.54) is 0 Å². The number of nitrogens with zero attached hydrogens (tertiary/aromatic N) is 2. The van der Waals surface area contributed by atoms with E-state index in [0.717, 1.165) is 28.1 Å². The summed E-state index contributed by atoms with van der Waals surface area (Å²) in [6, 6.07) is 23.6. The van der Waals surface area contributed by atoms with Gasteiger partial charge >= 0.3 is 0 Å². The molecule has 0 aliphatic heterocycles. The molecule has 0 fully saturated rings. The predicted molar refractivity (Wildman–Crippen MR) is 104 cm³/mol. The molecule has 4 aromatic rings. The molecule has 0 aliphatic carbocycles. The van der Waals surface area contributed by atoms with Crippen molar-refractivity contribution in [3.63, 3.8) is 0 Å². The van der Waals surface area contributed by atoms with E-state index in [-0.39, 0.29) is 0 Å². The van der Waals surface area contributed by atoms with Crippen molar-refractivity contribution in [1.82, 2.24) is 10.1 Å². The van der Waals surface area contributed by atoms with E-state index in [2.05, 4.69) is 10.1 Å². The van der Waals surface area contributed by atoms with Crippen molar-refractivity contribution in [2.75, 3.05) is 5.73 Å². The van der Waals surface area contributed by atoms with E-state index >= 15 is 0 Å². The lowest BCUT2D eigenvalue weighted by atomic mass is 10.1. The lowest BCUT2D eigenvalue weighted by molar-refractivity contribution is 0.303. The van der Waals surface area contributed by atoms with Crippen LogP contribution in [0.25, 0.3) is 11.3 Å². The van der Waals surface area contributed by atoms with Crippen molar-refractivity contribution in [3.05, 3.63) is 95.8 Å². The number of hydrogen-bond donors (Lipinski definition) is 1. The number of pyridine rings is 1. The van der Waals surface area contributed by atoms with Crippen LogP contribution in [0.5, 0.6) is 5.75 Å². The van der Waals surface area contributed by atoms with Crippen molar-refractivity contribution in [2.24, 2.45) is 0 Å². The minimum Gasteiger partial charge on any atom is -0.489 e. The number of ether oxygens (including phenoxy) is 1. The van der Waals surface area contributed by atoms with Gasteiger partial charge in [-0.05, 0) is 23.8 Å². The minimum absolute atomic E-state index is 0.423. The average molecular weight is 357 g/mol. The Morgan fingerprint density at radius 3 is 2.59 bits per heavy atom. The number of para-hydroxylation sites is 1. The molecular formula is C22H19N3O2. The van der Waals surface area contributed by atoms with E-state index in [4.69, 9.17) is 15.0 Å². The van der Waals surface area contributed by atoms with Crippen LogP contribution in [0.15, 0.2) is 83.5 Å². The van der Waals surface area contributed by atoms with Crippen LogP contribution in [0, 0.1) is 0 Å². The molecule has 0 aliphatic rings. The summed E-state index contributed by atoms with van der Waals surface area (Å²) in [7, 11) is 0. The van der Waals surface area contributed by atoms with Crippen LogP contribution in [0.3, 0.4) is 0 Å². The largest absolute Gasteiger partial charge is 0.489 e. The number of anilines is 1. The van der Waals surface area contributed by atoms with Crippen molar-refractivity contribution in [3.8, 4) is 17.1 Å². The van der Waals surface area contributed by atoms with Gasteiger partial charge in [0.1, 0.15) is 18.2 Å². The zero-order valence-corrected chi connectivity index (χ0v) is 14.7. The van der Waals surface area contributed by atoms with E-state index < -0.39 is 0 Å². The third-order valence-electron chi connectivity index (χ3n) is 4.24. The molecular weight excluding hydrogens is 338 g/mol. The molecule has 0 spiro atoms. The lowest BCUT2D eigenvalue weighted by Gasteiger charge is -2.10. The first-order chi connectivity index (χ1) is 13.3. The third kappa shape index (κ3) is 3.98. The molecule has 0 atom stereocenters. The molecule has 0 radical (unpaired) electrons. The van der Waals surface area contributed by atoms with Gasteiger partial charge in [-0.2, -0.15) is 0 Å². The van der Waals surface area contributed by atoms with Gasteiger partial charge < -0.3 is 15.0 Å². The van der Waals surface area contributed by atoms with Gasteiger partial charge in [0.2, 0.25) is 0 Å². The molecule has 5 heteroatoms. The summed E-state index contributed by atoms with van der Waals surface area (Å²) in [6.45, 7) is 0.522. The molecule has 5 nitrogen and oxygen atoms in total. The number of rotatable bonds is 6. The summed E-state index contributed by atoms with van der Waals surface area (Å²) in [6.07, 6.45) is 2.26. The Hall–Kier alpha value is -3.60. The summed E-state index contributed by atoms with van der Waals surface area (Å²) in [5.74, 6) is 1.87. The van der Waals surface area contributed by atoms with Crippen LogP contribution < -0.4 is 10.5 Å². The Balaban J connectivity index is 1.51. The number of hydrogen-bond acceptors (Lipinski definition) is 5. The highest BCUT2D eigenvalue weighted by Gasteiger charge is 2.12. The molecule has 2 heterocycles. The van der Waals surface area contributed by atoms with E-state index in [1.807, 2.05) is 72.8 Å². The normalized spacial score (nSPS) is 10.7. The van der Waals surface area contributed by atoms with Crippen LogP contribution in [0.4, 0.5) is 5.82 Å². The van der Waals surface area contributed by atoms with Crippen molar-refractivity contribution >= 4 is 5.82 Å². The Kier molecular flexibility index (Phi) is 4.83. The van der Waals surface area contributed by atoms with E-state index in [0.29, 0.717) is 24.6 Å². The second-order valence-electron chi connectivity index (χ2n) is 6.18. The van der Waals surface area contributed by atoms with Crippen molar-refractivity contribution in [1.29, 1.82) is 0 Å². The first-order valence-corrected chi connectivity index (χ1v) is 8.70. The number of aromatic nitrogens is 2. The van der Waals surface area contributed by atoms with Crippen LogP contribution in [0.1, 0.15) is 16.8 Å². The maximum Gasteiger partial charge on any atom is 0.170 e. The predicted octanol–water partition coefficient (Wildman–Crippen LogP) is 4.49. The Labute approximate surface area is 157 Å². The maximum absolute atomic E-state index is 6.02. The summed E-state index contributed by atoms with van der Waals surface area (Å²) in [5.41, 5.74) is 9.64. The molecule has 0 unspecified atom stereocenters. The molecule has 27 heavy (non-hydrogen) atoms. The summed E-state index contributed by atoms with van der Waals surface area (Å²) in [4.78, 5) is 4.09. The zero-order chi connectivity index (χ0) is 18.5. The fourth-order valence-electron chi connectivity index (χ4n) is 2.87. The van der Waals surface area contributed by atoms with Gasteiger partial charge in [-0.1, -0.05) is 53.7 Å². The SMILES string of the molecule is Nc1ncccc1-c1cc(Cc2ccccc2OCc2ccccc2)no1. The highest BCUT2D eigenvalue weighted by molar-refractivity contribution is 5.69. The second kappa shape index (κ2) is 7.74. The summed E-state index contributed by atoms with van der Waals surface area (Å²) in [5, 5.41) is 4.17. The topological polar surface area (TPSA) is 74.2 Å². The zero-order valence-electron chi connectivity index (χ0n) is 14.7. The molecule has 0 amide bonds. The monoisotopic (exact) mass is 357 g/mol. The highest BCUT2D eigenvalue weighted by Crippen LogP contribution is 2.27. The van der Waals surface area contributed by atoms with Gasteiger partial charge in [-0.3, -0.25) is 0 Å². The van der Waals surface area contributed by atoms with Crippen LogP contribution in [-0.2, 0) is 13.0 Å². The van der Waals surface area contributed by atoms with E-state index in [1.54, 1.807) is 6.20 Å². The van der Waals surface area contributed by atoms with Gasteiger partial charge in [0.25, 0.3) is 0 Å². The average Bonchev–Trinajstić information content (AvgIpc) is 3.17. The quantitative estimate of drug-likeness (QED) is 0.550. The van der Waals surface area contributed by atoms with Crippen LogP contribution in [0.2, 0.25) is 0 Å². The maximum atomic E-state index is 6.02. The van der Waals surface area contributed by atoms with Gasteiger partial charge in [-0.25, -0.2) is 4.98 Å². The third-order valence-corrected chi connectivity index (χ3v) is 4.24. The molecule has 0 saturated carbocycles. The Bertz CT molecular complexity index is 1030. The summed E-state index contributed by atoms with van der Waals surface area (Å²) < 4.78 is 11.5. The van der Waals surface area contributed by atoms with Crippen LogP contribution >= 0.6 is 0 Å². The molecule has 0 saturated heterocycles. The summed E-state index contributed by atoms with van der Waals surface area (Å²) >= 11 is 0. The molecule has 134 valence electrons. The van der Waals surface area contributed by atoms with Gasteiger partial charge in [0.05, 0.1) is 11.3 Å². The first kappa shape index (κ1) is 16.8. The molecule has 2 aromatic carbocycles. The number of nitrogen functional groups attached to an aromatic ring is 1. The Morgan fingerprint density at radius 2 is 1.74 bits per heavy atom. The Morgan fingerprint density at radius 1 is 0.926 bits per heavy atom. The van der Waals surface area contributed by atoms with Gasteiger partial charge in [0.15, 0.2) is 5.76 Å². The van der Waals surface area contributed by atoms with Crippen molar-refractivity contribution < 1.29 is 9.26 Å². The number of nitrogens with two attached hydrogens (primary N) is 1. The molecule has 4 rings (SSSR count). The van der Waals surface area contributed by atoms with Crippen molar-refractivity contribution in [2.45, 2.75) is 13.0 Å². The van der Waals surface area contributed by atoms with Gasteiger partial charge in [-0.15, -0.1) is 0 Å². The molecule has 2 N–H and O–H groups in total. The fourth-order valence-corrected chi connectivity index (χ4v) is 2.87.